The van der Waals surface area contributed by atoms with Gasteiger partial charge in [-0.05, 0) is 35.7 Å². The van der Waals surface area contributed by atoms with E-state index in [1.54, 1.807) is 0 Å². The molecule has 0 amide bonds. The Morgan fingerprint density at radius 2 is 1.62 bits per heavy atom. The Balaban J connectivity index is 1.21. The highest BCUT2D eigenvalue weighted by molar-refractivity contribution is 5.63. The van der Waals surface area contributed by atoms with E-state index in [0.29, 0.717) is 5.92 Å². The fourth-order valence-corrected chi connectivity index (χ4v) is 4.32. The van der Waals surface area contributed by atoms with Crippen LogP contribution in [-0.4, -0.2) is 22.9 Å². The van der Waals surface area contributed by atoms with Gasteiger partial charge in [-0.25, -0.2) is 10.1 Å². The number of hydrazine groups is 1. The van der Waals surface area contributed by atoms with E-state index in [1.807, 2.05) is 29.1 Å². The average Bonchev–Trinajstić information content (AvgIpc) is 3.54. The predicted octanol–water partition coefficient (Wildman–Crippen LogP) is 4.66. The Kier molecular flexibility index (Phi) is 6.12. The van der Waals surface area contributed by atoms with Crippen LogP contribution < -0.4 is 16.2 Å². The van der Waals surface area contributed by atoms with Gasteiger partial charge in [0.25, 0.3) is 0 Å². The Hall–Kier alpha value is -3.25. The van der Waals surface area contributed by atoms with E-state index in [0.717, 1.165) is 18.8 Å². The maximum Gasteiger partial charge on any atom is 0.0645 e. The van der Waals surface area contributed by atoms with Crippen molar-refractivity contribution in [1.82, 2.24) is 25.9 Å². The third-order valence-electron chi connectivity index (χ3n) is 6.28. The lowest BCUT2D eigenvalue weighted by Gasteiger charge is -2.22. The van der Waals surface area contributed by atoms with Crippen LogP contribution in [0.15, 0.2) is 97.3 Å². The van der Waals surface area contributed by atoms with E-state index in [1.165, 1.54) is 22.3 Å². The fourth-order valence-electron chi connectivity index (χ4n) is 4.32. The third-order valence-corrected chi connectivity index (χ3v) is 6.28. The van der Waals surface area contributed by atoms with Crippen molar-refractivity contribution in [3.63, 3.8) is 0 Å². The molecule has 5 rings (SSSR count). The molecule has 4 aromatic rings. The molecule has 3 aromatic carbocycles. The van der Waals surface area contributed by atoms with E-state index >= 15 is 0 Å². The van der Waals surface area contributed by atoms with Gasteiger partial charge in [-0.15, -0.1) is 0 Å². The van der Waals surface area contributed by atoms with Gasteiger partial charge >= 0.3 is 0 Å². The van der Waals surface area contributed by atoms with Crippen LogP contribution in [-0.2, 0) is 0 Å². The Labute approximate surface area is 189 Å². The molecule has 5 nitrogen and oxygen atoms in total. The summed E-state index contributed by atoms with van der Waals surface area (Å²) in [7, 11) is 0. The first-order valence-corrected chi connectivity index (χ1v) is 11.2. The van der Waals surface area contributed by atoms with Gasteiger partial charge in [0.15, 0.2) is 0 Å². The van der Waals surface area contributed by atoms with Gasteiger partial charge in [-0.2, -0.15) is 5.10 Å². The summed E-state index contributed by atoms with van der Waals surface area (Å²) in [5.74, 6) is 0.462. The smallest absolute Gasteiger partial charge is 0.0645 e. The van der Waals surface area contributed by atoms with Gasteiger partial charge in [0.2, 0.25) is 0 Å². The highest BCUT2D eigenvalue weighted by Crippen LogP contribution is 2.28. The molecule has 0 aliphatic carbocycles. The van der Waals surface area contributed by atoms with Crippen LogP contribution in [0.25, 0.3) is 16.8 Å². The number of aromatic nitrogens is 2. The molecule has 1 aliphatic rings. The zero-order valence-corrected chi connectivity index (χ0v) is 18.3. The fraction of sp³-hybridized carbons (Fsp3) is 0.222. The molecule has 32 heavy (non-hydrogen) atoms. The average molecular weight is 424 g/mol. The van der Waals surface area contributed by atoms with Crippen molar-refractivity contribution in [1.29, 1.82) is 0 Å². The van der Waals surface area contributed by atoms with Gasteiger partial charge in [0.05, 0.1) is 17.9 Å². The second-order valence-corrected chi connectivity index (χ2v) is 8.43. The molecule has 0 bridgehead atoms. The van der Waals surface area contributed by atoms with Crippen LogP contribution in [0.2, 0.25) is 0 Å². The summed E-state index contributed by atoms with van der Waals surface area (Å²) in [5, 5.41) is 8.24. The van der Waals surface area contributed by atoms with E-state index in [2.05, 4.69) is 101 Å². The Morgan fingerprint density at radius 3 is 2.38 bits per heavy atom. The molecule has 1 saturated heterocycles. The molecule has 1 fully saturated rings. The van der Waals surface area contributed by atoms with Crippen LogP contribution in [0, 0.1) is 5.92 Å². The van der Waals surface area contributed by atoms with Crippen LogP contribution in [0.5, 0.6) is 0 Å². The summed E-state index contributed by atoms with van der Waals surface area (Å²) in [6, 6.07) is 30.2. The number of rotatable bonds is 7. The van der Waals surface area contributed by atoms with E-state index in [-0.39, 0.29) is 12.1 Å². The topological polar surface area (TPSA) is 53.9 Å². The molecular weight excluding hydrogens is 394 g/mol. The van der Waals surface area contributed by atoms with Crippen molar-refractivity contribution in [2.45, 2.75) is 19.0 Å². The maximum atomic E-state index is 4.53. The van der Waals surface area contributed by atoms with Crippen molar-refractivity contribution in [2.24, 2.45) is 5.92 Å². The lowest BCUT2D eigenvalue weighted by atomic mass is 9.93. The van der Waals surface area contributed by atoms with Crippen LogP contribution in [0.1, 0.15) is 30.1 Å². The number of nitrogens with one attached hydrogen (secondary N) is 3. The predicted molar refractivity (Wildman–Crippen MR) is 129 cm³/mol. The quantitative estimate of drug-likeness (QED) is 0.405. The third kappa shape index (κ3) is 4.50. The summed E-state index contributed by atoms with van der Waals surface area (Å²) in [6.07, 6.45) is 4.06. The molecule has 5 heteroatoms. The number of nitrogens with zero attached hydrogens (tertiary/aromatic N) is 2. The molecule has 162 valence electrons. The van der Waals surface area contributed by atoms with Crippen molar-refractivity contribution in [3.05, 3.63) is 108 Å². The summed E-state index contributed by atoms with van der Waals surface area (Å²) >= 11 is 0. The zero-order valence-electron chi connectivity index (χ0n) is 18.3. The SMILES string of the molecule is CC(NCC1CNNC1c1ccc(-c2ccccc2)cc1)c1cnn(-c2ccccc2)c1. The number of para-hydroxylation sites is 1. The molecule has 3 atom stereocenters. The zero-order chi connectivity index (χ0) is 21.8. The summed E-state index contributed by atoms with van der Waals surface area (Å²) in [5.41, 5.74) is 12.9. The lowest BCUT2D eigenvalue weighted by molar-refractivity contribution is 0.418. The highest BCUT2D eigenvalue weighted by atomic mass is 15.4. The van der Waals surface area contributed by atoms with E-state index in [9.17, 15) is 0 Å². The normalized spacial score (nSPS) is 19.2. The summed E-state index contributed by atoms with van der Waals surface area (Å²) < 4.78 is 1.93. The summed E-state index contributed by atoms with van der Waals surface area (Å²) in [6.45, 7) is 4.06. The standard InChI is InChI=1S/C27H29N5/c1-20(25-18-30-32(19-25)26-10-6-3-7-11-26)28-16-24-17-29-31-27(24)23-14-12-22(13-15-23)21-8-4-2-5-9-21/h2-15,18-20,24,27-29,31H,16-17H2,1H3. The molecule has 1 aromatic heterocycles. The van der Waals surface area contributed by atoms with Crippen molar-refractivity contribution in [2.75, 3.05) is 13.1 Å². The molecular formula is C27H29N5. The van der Waals surface area contributed by atoms with Crippen LogP contribution in [0.3, 0.4) is 0 Å². The number of hydrogen-bond donors (Lipinski definition) is 3. The second kappa shape index (κ2) is 9.49. The van der Waals surface area contributed by atoms with Gasteiger partial charge in [0, 0.05) is 36.8 Å². The Bertz CT molecular complexity index is 1120. The van der Waals surface area contributed by atoms with E-state index < -0.39 is 0 Å². The second-order valence-electron chi connectivity index (χ2n) is 8.43. The maximum absolute atomic E-state index is 4.53. The first-order valence-electron chi connectivity index (χ1n) is 11.2. The first-order chi connectivity index (χ1) is 15.8. The monoisotopic (exact) mass is 423 g/mol. The molecule has 0 saturated carbocycles. The minimum atomic E-state index is 0.231. The molecule has 1 aliphatic heterocycles. The number of hydrogen-bond acceptors (Lipinski definition) is 4. The van der Waals surface area contributed by atoms with Crippen LogP contribution >= 0.6 is 0 Å². The lowest BCUT2D eigenvalue weighted by Crippen LogP contribution is -2.30. The van der Waals surface area contributed by atoms with Crippen molar-refractivity contribution >= 4 is 0 Å². The minimum Gasteiger partial charge on any atom is -0.310 e. The minimum absolute atomic E-state index is 0.231. The molecule has 3 N–H and O–H groups in total. The Morgan fingerprint density at radius 1 is 0.938 bits per heavy atom. The molecule has 3 unspecified atom stereocenters. The summed E-state index contributed by atoms with van der Waals surface area (Å²) in [4.78, 5) is 0. The number of benzene rings is 3. The van der Waals surface area contributed by atoms with Gasteiger partial charge in [-0.1, -0.05) is 72.8 Å². The van der Waals surface area contributed by atoms with E-state index in [4.69, 9.17) is 0 Å². The van der Waals surface area contributed by atoms with Crippen molar-refractivity contribution < 1.29 is 0 Å². The molecule has 0 spiro atoms. The van der Waals surface area contributed by atoms with Gasteiger partial charge in [-0.3, -0.25) is 5.43 Å². The molecule has 0 radical (unpaired) electrons. The van der Waals surface area contributed by atoms with Crippen molar-refractivity contribution in [3.8, 4) is 16.8 Å². The van der Waals surface area contributed by atoms with Gasteiger partial charge < -0.3 is 5.32 Å². The highest BCUT2D eigenvalue weighted by Gasteiger charge is 2.28. The first kappa shape index (κ1) is 20.6. The van der Waals surface area contributed by atoms with Crippen LogP contribution in [0.4, 0.5) is 0 Å². The van der Waals surface area contributed by atoms with Gasteiger partial charge in [0.1, 0.15) is 0 Å². The largest absolute Gasteiger partial charge is 0.310 e. The molecule has 2 heterocycles.